The smallest absolute Gasteiger partial charge is 0.0606 e. The summed E-state index contributed by atoms with van der Waals surface area (Å²) in [6.45, 7) is 8.29. The summed E-state index contributed by atoms with van der Waals surface area (Å²) in [7, 11) is 0. The van der Waals surface area contributed by atoms with E-state index in [0.29, 0.717) is 0 Å². The third-order valence-electron chi connectivity index (χ3n) is 6.13. The molecule has 0 aromatic heterocycles. The van der Waals surface area contributed by atoms with Crippen molar-refractivity contribution in [1.29, 1.82) is 0 Å². The molecule has 1 saturated heterocycles. The molecule has 0 aliphatic carbocycles. The van der Waals surface area contributed by atoms with Crippen molar-refractivity contribution in [1.82, 2.24) is 4.90 Å². The van der Waals surface area contributed by atoms with E-state index in [1.165, 1.54) is 16.7 Å². The van der Waals surface area contributed by atoms with Crippen LogP contribution in [0.25, 0.3) is 0 Å². The van der Waals surface area contributed by atoms with Crippen LogP contribution in [-0.2, 0) is 5.41 Å². The van der Waals surface area contributed by atoms with Gasteiger partial charge in [0.1, 0.15) is 0 Å². The Labute approximate surface area is 163 Å². The third-order valence-corrected chi connectivity index (χ3v) is 6.13. The second-order valence-corrected chi connectivity index (χ2v) is 8.77. The Bertz CT molecular complexity index is 830. The molecule has 3 aromatic carbocycles. The third kappa shape index (κ3) is 3.44. The Balaban J connectivity index is 1.78. The largest absolute Gasteiger partial charge is 0.286 e. The van der Waals surface area contributed by atoms with Crippen molar-refractivity contribution in [2.45, 2.75) is 44.2 Å². The van der Waals surface area contributed by atoms with Gasteiger partial charge in [-0.15, -0.1) is 0 Å². The van der Waals surface area contributed by atoms with E-state index in [1.54, 1.807) is 0 Å². The highest BCUT2D eigenvalue weighted by molar-refractivity contribution is 5.35. The minimum atomic E-state index is 0.112. The first-order valence-electron chi connectivity index (χ1n) is 9.92. The molecule has 0 spiro atoms. The predicted octanol–water partition coefficient (Wildman–Crippen LogP) is 6.22. The van der Waals surface area contributed by atoms with Crippen LogP contribution in [0.3, 0.4) is 0 Å². The maximum Gasteiger partial charge on any atom is 0.0606 e. The van der Waals surface area contributed by atoms with E-state index >= 15 is 0 Å². The molecule has 1 heteroatoms. The summed E-state index contributed by atoms with van der Waals surface area (Å²) in [5, 5.41) is 0. The fourth-order valence-corrected chi connectivity index (χ4v) is 5.00. The molecule has 0 bridgehead atoms. The molecule has 1 atom stereocenters. The van der Waals surface area contributed by atoms with Gasteiger partial charge in [0.05, 0.1) is 6.04 Å². The summed E-state index contributed by atoms with van der Waals surface area (Å²) in [5.74, 6) is 0. The van der Waals surface area contributed by atoms with Crippen LogP contribution in [0.1, 0.15) is 49.9 Å². The number of rotatable bonds is 4. The highest BCUT2D eigenvalue weighted by Crippen LogP contribution is 2.48. The van der Waals surface area contributed by atoms with Crippen LogP contribution in [0.15, 0.2) is 91.0 Å². The van der Waals surface area contributed by atoms with Gasteiger partial charge in [0, 0.05) is 17.5 Å². The minimum absolute atomic E-state index is 0.112. The van der Waals surface area contributed by atoms with Crippen LogP contribution in [0.5, 0.6) is 0 Å². The highest BCUT2D eigenvalue weighted by atomic mass is 15.3. The maximum atomic E-state index is 2.71. The molecule has 138 valence electrons. The zero-order valence-corrected chi connectivity index (χ0v) is 16.6. The molecule has 0 amide bonds. The van der Waals surface area contributed by atoms with Gasteiger partial charge in [0.2, 0.25) is 0 Å². The molecule has 1 heterocycles. The fourth-order valence-electron chi connectivity index (χ4n) is 5.00. The molecule has 1 aliphatic heterocycles. The molecule has 27 heavy (non-hydrogen) atoms. The number of nitrogens with zero attached hydrogens (tertiary/aromatic N) is 1. The van der Waals surface area contributed by atoms with Gasteiger partial charge in [-0.05, 0) is 37.0 Å². The second-order valence-electron chi connectivity index (χ2n) is 8.77. The SMILES string of the molecule is CC1(C)C[C@](C)(c2ccccc2)CN1C(c1ccccc1)c1ccccc1. The van der Waals surface area contributed by atoms with Gasteiger partial charge in [-0.25, -0.2) is 0 Å². The lowest BCUT2D eigenvalue weighted by Gasteiger charge is -2.39. The Morgan fingerprint density at radius 1 is 0.667 bits per heavy atom. The first kappa shape index (κ1) is 18.0. The monoisotopic (exact) mass is 355 g/mol. The predicted molar refractivity (Wildman–Crippen MR) is 114 cm³/mol. The van der Waals surface area contributed by atoms with Gasteiger partial charge in [0.15, 0.2) is 0 Å². The van der Waals surface area contributed by atoms with Crippen molar-refractivity contribution in [2.24, 2.45) is 0 Å². The van der Waals surface area contributed by atoms with E-state index < -0.39 is 0 Å². The summed E-state index contributed by atoms with van der Waals surface area (Å²) in [6.07, 6.45) is 1.15. The molecule has 0 N–H and O–H groups in total. The van der Waals surface area contributed by atoms with E-state index in [2.05, 4.69) is 117 Å². The summed E-state index contributed by atoms with van der Waals surface area (Å²) in [5.41, 5.74) is 4.46. The van der Waals surface area contributed by atoms with Crippen molar-refractivity contribution in [3.63, 3.8) is 0 Å². The van der Waals surface area contributed by atoms with E-state index in [9.17, 15) is 0 Å². The Hall–Kier alpha value is -2.38. The van der Waals surface area contributed by atoms with Gasteiger partial charge < -0.3 is 0 Å². The van der Waals surface area contributed by atoms with E-state index in [0.717, 1.165) is 13.0 Å². The molecular formula is C26H29N. The molecular weight excluding hydrogens is 326 g/mol. The minimum Gasteiger partial charge on any atom is -0.286 e. The van der Waals surface area contributed by atoms with Gasteiger partial charge >= 0.3 is 0 Å². The molecule has 0 radical (unpaired) electrons. The van der Waals surface area contributed by atoms with Crippen molar-refractivity contribution in [3.05, 3.63) is 108 Å². The number of hydrogen-bond acceptors (Lipinski definition) is 1. The Kier molecular flexibility index (Phi) is 4.65. The zero-order valence-electron chi connectivity index (χ0n) is 16.6. The van der Waals surface area contributed by atoms with Crippen LogP contribution >= 0.6 is 0 Å². The summed E-state index contributed by atoms with van der Waals surface area (Å²) in [6, 6.07) is 33.2. The topological polar surface area (TPSA) is 3.24 Å². The molecule has 3 aromatic rings. The van der Waals surface area contributed by atoms with E-state index in [4.69, 9.17) is 0 Å². The van der Waals surface area contributed by atoms with Crippen molar-refractivity contribution in [2.75, 3.05) is 6.54 Å². The van der Waals surface area contributed by atoms with Crippen LogP contribution in [0.2, 0.25) is 0 Å². The molecule has 1 fully saturated rings. The van der Waals surface area contributed by atoms with Gasteiger partial charge in [-0.1, -0.05) is 97.9 Å². The van der Waals surface area contributed by atoms with Gasteiger partial charge in [-0.3, -0.25) is 4.90 Å². The average molecular weight is 356 g/mol. The van der Waals surface area contributed by atoms with Crippen LogP contribution < -0.4 is 0 Å². The molecule has 1 aliphatic rings. The highest BCUT2D eigenvalue weighted by Gasteiger charge is 2.49. The lowest BCUT2D eigenvalue weighted by atomic mass is 9.78. The summed E-state index contributed by atoms with van der Waals surface area (Å²) < 4.78 is 0. The quantitative estimate of drug-likeness (QED) is 0.537. The van der Waals surface area contributed by atoms with Crippen molar-refractivity contribution in [3.8, 4) is 0 Å². The summed E-state index contributed by atoms with van der Waals surface area (Å²) >= 11 is 0. The number of likely N-dealkylation sites (tertiary alicyclic amines) is 1. The van der Waals surface area contributed by atoms with E-state index in [1.807, 2.05) is 0 Å². The lowest BCUT2D eigenvalue weighted by Crippen LogP contribution is -2.41. The Morgan fingerprint density at radius 2 is 1.11 bits per heavy atom. The summed E-state index contributed by atoms with van der Waals surface area (Å²) in [4.78, 5) is 2.71. The van der Waals surface area contributed by atoms with Gasteiger partial charge in [0.25, 0.3) is 0 Å². The molecule has 0 saturated carbocycles. The zero-order chi connectivity index (χ0) is 18.9. The fraction of sp³-hybridized carbons (Fsp3) is 0.308. The lowest BCUT2D eigenvalue weighted by molar-refractivity contribution is 0.135. The molecule has 0 unspecified atom stereocenters. The molecule has 1 nitrogen and oxygen atoms in total. The molecule has 4 rings (SSSR count). The van der Waals surface area contributed by atoms with Crippen LogP contribution in [0.4, 0.5) is 0 Å². The Morgan fingerprint density at radius 3 is 1.59 bits per heavy atom. The van der Waals surface area contributed by atoms with E-state index in [-0.39, 0.29) is 17.0 Å². The average Bonchev–Trinajstić information content (AvgIpc) is 2.94. The van der Waals surface area contributed by atoms with Gasteiger partial charge in [-0.2, -0.15) is 0 Å². The van der Waals surface area contributed by atoms with Crippen molar-refractivity contribution >= 4 is 0 Å². The first-order valence-corrected chi connectivity index (χ1v) is 9.92. The number of hydrogen-bond donors (Lipinski definition) is 0. The maximum absolute atomic E-state index is 2.71. The second kappa shape index (κ2) is 6.98. The van der Waals surface area contributed by atoms with Crippen LogP contribution in [0, 0.1) is 0 Å². The standard InChI is InChI=1S/C26H29N/c1-25(2)19-26(3,23-17-11-6-12-18-23)20-27(25)24(21-13-7-4-8-14-21)22-15-9-5-10-16-22/h4-18,24H,19-20H2,1-3H3/t26-/m0/s1. The first-order chi connectivity index (χ1) is 13.0. The van der Waals surface area contributed by atoms with Crippen LogP contribution in [-0.4, -0.2) is 17.0 Å². The van der Waals surface area contributed by atoms with Crippen molar-refractivity contribution < 1.29 is 0 Å². The normalized spacial score (nSPS) is 22.2. The number of benzene rings is 3.